The van der Waals surface area contributed by atoms with E-state index in [0.717, 1.165) is 56.7 Å². The van der Waals surface area contributed by atoms with E-state index < -0.39 is 0 Å². The average Bonchev–Trinajstić information content (AvgIpc) is 3.53. The van der Waals surface area contributed by atoms with Gasteiger partial charge < -0.3 is 5.11 Å². The van der Waals surface area contributed by atoms with Gasteiger partial charge in [-0.3, -0.25) is 9.55 Å². The Labute approximate surface area is 340 Å². The number of phenolic OH excluding ortho intramolecular Hbond substituents is 1. The van der Waals surface area contributed by atoms with Crippen molar-refractivity contribution in [2.45, 2.75) is 72.6 Å². The van der Waals surface area contributed by atoms with Gasteiger partial charge in [0.25, 0.3) is 0 Å². The maximum atomic E-state index is 11.3. The van der Waals surface area contributed by atoms with Gasteiger partial charge in [-0.2, -0.15) is 0 Å². The van der Waals surface area contributed by atoms with Crippen molar-refractivity contribution in [3.05, 3.63) is 150 Å². The van der Waals surface area contributed by atoms with Gasteiger partial charge in [0, 0.05) is 38.6 Å². The maximum Gasteiger partial charge on any atom is 0.189 e. The molecule has 0 aliphatic carbocycles. The average molecular weight is 903 g/mol. The zero-order chi connectivity index (χ0) is 38.4. The van der Waals surface area contributed by atoms with E-state index in [4.69, 9.17) is 16.5 Å². The minimum atomic E-state index is -0.0700. The van der Waals surface area contributed by atoms with Crippen LogP contribution in [0.3, 0.4) is 0 Å². The number of phenols is 1. The summed E-state index contributed by atoms with van der Waals surface area (Å²) < 4.78 is 2.09. The number of para-hydroxylation sites is 1. The Morgan fingerprint density at radius 1 is 0.745 bits per heavy atom. The number of rotatable bonds is 7. The third kappa shape index (κ3) is 8.22. The molecule has 0 spiro atoms. The molecule has 55 heavy (non-hydrogen) atoms. The molecule has 0 saturated heterocycles. The van der Waals surface area contributed by atoms with Crippen LogP contribution in [0.25, 0.3) is 66.5 Å². The number of hydrogen-bond donors (Lipinski definition) is 1. The molecule has 0 saturated carbocycles. The SMILES string of the molecule is [C-]#[N+]c1cccc(-n2c(-c3ccccc3O)nc3c(-c4[c-]c(-c5ccccn5)cc(CC(C)C)c4)cc(-c4cc(C(C)(C)C)cc(C(C)(C)C)c4)cc32)c1.[Pt]. The molecule has 1 N–H and O–H groups in total. The zero-order valence-electron chi connectivity index (χ0n) is 32.8. The molecule has 5 nitrogen and oxygen atoms in total. The smallest absolute Gasteiger partial charge is 0.189 e. The summed E-state index contributed by atoms with van der Waals surface area (Å²) in [6.45, 7) is 25.9. The van der Waals surface area contributed by atoms with Crippen molar-refractivity contribution < 1.29 is 26.2 Å². The predicted octanol–water partition coefficient (Wildman–Crippen LogP) is 12.9. The summed E-state index contributed by atoms with van der Waals surface area (Å²) in [7, 11) is 0. The van der Waals surface area contributed by atoms with Crippen LogP contribution in [-0.4, -0.2) is 19.6 Å². The van der Waals surface area contributed by atoms with Gasteiger partial charge in [-0.25, -0.2) is 9.83 Å². The molecule has 0 fully saturated rings. The van der Waals surface area contributed by atoms with Crippen LogP contribution in [-0.2, 0) is 38.3 Å². The second kappa shape index (κ2) is 15.4. The Hall–Kier alpha value is -5.30. The first-order valence-electron chi connectivity index (χ1n) is 18.7. The van der Waals surface area contributed by atoms with Crippen molar-refractivity contribution >= 4 is 16.7 Å². The first-order valence-corrected chi connectivity index (χ1v) is 18.7. The third-order valence-corrected chi connectivity index (χ3v) is 9.92. The molecule has 7 aromatic rings. The van der Waals surface area contributed by atoms with Gasteiger partial charge in [-0.05, 0) is 81.8 Å². The Bertz CT molecular complexity index is 2510. The van der Waals surface area contributed by atoms with Gasteiger partial charge >= 0.3 is 0 Å². The summed E-state index contributed by atoms with van der Waals surface area (Å²) >= 11 is 0. The van der Waals surface area contributed by atoms with Crippen molar-refractivity contribution in [2.75, 3.05) is 0 Å². The number of fused-ring (bicyclic) bond motifs is 1. The first-order chi connectivity index (χ1) is 25.7. The van der Waals surface area contributed by atoms with Crippen LogP contribution in [0.15, 0.2) is 115 Å². The van der Waals surface area contributed by atoms with Gasteiger partial charge in [0.05, 0.1) is 23.2 Å². The molecule has 5 aromatic carbocycles. The third-order valence-electron chi connectivity index (χ3n) is 9.92. The van der Waals surface area contributed by atoms with Crippen LogP contribution in [0, 0.1) is 18.6 Å². The van der Waals surface area contributed by atoms with E-state index in [9.17, 15) is 5.11 Å². The number of benzene rings is 5. The van der Waals surface area contributed by atoms with E-state index in [2.05, 4.69) is 113 Å². The van der Waals surface area contributed by atoms with Crippen LogP contribution in [0.5, 0.6) is 5.75 Å². The molecule has 2 heterocycles. The fraction of sp³-hybridized carbons (Fsp3) is 0.245. The minimum Gasteiger partial charge on any atom is -0.507 e. The second-order valence-electron chi connectivity index (χ2n) is 16.7. The molecule has 0 amide bonds. The molecular weight excluding hydrogens is 856 g/mol. The molecule has 280 valence electrons. The van der Waals surface area contributed by atoms with Crippen LogP contribution >= 0.6 is 0 Å². The Morgan fingerprint density at radius 3 is 2.05 bits per heavy atom. The van der Waals surface area contributed by atoms with Crippen LogP contribution < -0.4 is 0 Å². The van der Waals surface area contributed by atoms with Gasteiger partial charge in [0.1, 0.15) is 11.6 Å². The van der Waals surface area contributed by atoms with Gasteiger partial charge in [-0.15, -0.1) is 29.3 Å². The van der Waals surface area contributed by atoms with E-state index in [1.165, 1.54) is 16.7 Å². The van der Waals surface area contributed by atoms with E-state index in [-0.39, 0.29) is 37.6 Å². The summed E-state index contributed by atoms with van der Waals surface area (Å²) in [4.78, 5) is 13.9. The van der Waals surface area contributed by atoms with E-state index in [1.807, 2.05) is 66.9 Å². The molecule has 6 heteroatoms. The van der Waals surface area contributed by atoms with Crippen molar-refractivity contribution in [1.82, 2.24) is 14.5 Å². The maximum absolute atomic E-state index is 11.3. The number of aromatic nitrogens is 3. The molecule has 0 atom stereocenters. The van der Waals surface area contributed by atoms with Crippen LogP contribution in [0.4, 0.5) is 5.69 Å². The number of imidazole rings is 1. The molecule has 0 bridgehead atoms. The Morgan fingerprint density at radius 2 is 1.42 bits per heavy atom. The molecule has 0 aliphatic rings. The quantitative estimate of drug-likeness (QED) is 0.162. The fourth-order valence-electron chi connectivity index (χ4n) is 7.04. The monoisotopic (exact) mass is 902 g/mol. The summed E-state index contributed by atoms with van der Waals surface area (Å²) in [5, 5.41) is 11.3. The predicted molar refractivity (Wildman–Crippen MR) is 223 cm³/mol. The van der Waals surface area contributed by atoms with Gasteiger partial charge in [-0.1, -0.05) is 127 Å². The summed E-state index contributed by atoms with van der Waals surface area (Å²) in [6, 6.07) is 40.6. The number of pyridine rings is 1. The summed E-state index contributed by atoms with van der Waals surface area (Å²) in [6.07, 6.45) is 2.72. The minimum absolute atomic E-state index is 0. The standard InChI is InChI=1S/C49H47N4O.Pt/c1-31(2)21-32-22-35(24-36(23-32)43-18-12-13-20-51-43)42-27-34(33-25-37(48(3,4)5)29-38(26-33)49(6,7)8)28-44-46(42)52-47(41-17-10-11-19-45(41)54)53(44)40-16-14-15-39(30-40)50-9;/h10-20,22-23,25-31,54H,21H2,1-8H3;/q-1;. The van der Waals surface area contributed by atoms with Crippen molar-refractivity contribution in [3.8, 4) is 56.3 Å². The number of nitrogens with zero attached hydrogens (tertiary/aromatic N) is 4. The molecule has 2 aromatic heterocycles. The van der Waals surface area contributed by atoms with Gasteiger partial charge in [0.15, 0.2) is 5.69 Å². The van der Waals surface area contributed by atoms with E-state index in [0.29, 0.717) is 23.0 Å². The normalized spacial score (nSPS) is 11.8. The molecular formula is C49H47N4OPt-. The van der Waals surface area contributed by atoms with Crippen molar-refractivity contribution in [2.24, 2.45) is 5.92 Å². The molecule has 0 unspecified atom stereocenters. The largest absolute Gasteiger partial charge is 0.507 e. The summed E-state index contributed by atoms with van der Waals surface area (Å²) in [5.74, 6) is 1.17. The zero-order valence-corrected chi connectivity index (χ0v) is 35.1. The first kappa shape index (κ1) is 39.4. The van der Waals surface area contributed by atoms with Gasteiger partial charge in [0.2, 0.25) is 0 Å². The number of aromatic hydroxyl groups is 1. The topological polar surface area (TPSA) is 55.3 Å². The van der Waals surface area contributed by atoms with Crippen LogP contribution in [0.1, 0.15) is 72.1 Å². The van der Waals surface area contributed by atoms with E-state index in [1.54, 1.807) is 6.07 Å². The number of hydrogen-bond acceptors (Lipinski definition) is 3. The molecule has 0 aliphatic heterocycles. The fourth-order valence-corrected chi connectivity index (χ4v) is 7.04. The van der Waals surface area contributed by atoms with Crippen molar-refractivity contribution in [1.29, 1.82) is 0 Å². The second-order valence-corrected chi connectivity index (χ2v) is 16.7. The summed E-state index contributed by atoms with van der Waals surface area (Å²) in [5.41, 5.74) is 13.0. The van der Waals surface area contributed by atoms with Crippen molar-refractivity contribution in [3.63, 3.8) is 0 Å². The molecule has 0 radical (unpaired) electrons. The Balaban J connectivity index is 0.00000514. The van der Waals surface area contributed by atoms with Crippen LogP contribution in [0.2, 0.25) is 0 Å². The van der Waals surface area contributed by atoms with E-state index >= 15 is 0 Å². The molecule has 7 rings (SSSR count). The Kier molecular flexibility index (Phi) is 11.1.